The van der Waals surface area contributed by atoms with Crippen molar-refractivity contribution in [3.05, 3.63) is 0 Å². The highest BCUT2D eigenvalue weighted by molar-refractivity contribution is 5.00. The van der Waals surface area contributed by atoms with Gasteiger partial charge in [0.05, 0.1) is 13.2 Å². The van der Waals surface area contributed by atoms with Crippen LogP contribution in [0.15, 0.2) is 0 Å². The molecule has 0 spiro atoms. The van der Waals surface area contributed by atoms with E-state index in [-0.39, 0.29) is 31.5 Å². The second-order valence-electron chi connectivity index (χ2n) is 7.29. The first-order valence-corrected chi connectivity index (χ1v) is 9.82. The molecule has 0 aromatic carbocycles. The van der Waals surface area contributed by atoms with Crippen molar-refractivity contribution < 1.29 is 39.0 Å². The highest BCUT2D eigenvalue weighted by Crippen LogP contribution is 2.39. The molecule has 0 unspecified atom stereocenters. The summed E-state index contributed by atoms with van der Waals surface area (Å²) >= 11 is 0. The van der Waals surface area contributed by atoms with Crippen LogP contribution in [0.1, 0.15) is 45.4 Å². The van der Waals surface area contributed by atoms with Gasteiger partial charge in [0.15, 0.2) is 12.6 Å². The highest BCUT2D eigenvalue weighted by Gasteiger charge is 2.59. The monoisotopic (exact) mass is 376 g/mol. The molecule has 3 N–H and O–H groups in total. The van der Waals surface area contributed by atoms with Crippen molar-refractivity contribution in [1.29, 1.82) is 0 Å². The molecule has 0 bridgehead atoms. The summed E-state index contributed by atoms with van der Waals surface area (Å²) in [6.45, 7) is 2.63. The zero-order valence-electron chi connectivity index (χ0n) is 15.4. The fraction of sp³-hybridized carbons (Fsp3) is 1.00. The maximum Gasteiger partial charge on any atom is 0.187 e. The van der Waals surface area contributed by atoms with Gasteiger partial charge in [-0.15, -0.1) is 0 Å². The van der Waals surface area contributed by atoms with Crippen LogP contribution < -0.4 is 0 Å². The number of ether oxygens (including phenoxy) is 5. The molecule has 26 heavy (non-hydrogen) atoms. The molecule has 3 heterocycles. The molecule has 3 saturated heterocycles. The maximum atomic E-state index is 10.1. The molecule has 0 amide bonds. The Morgan fingerprint density at radius 2 is 1.50 bits per heavy atom. The van der Waals surface area contributed by atoms with E-state index < -0.39 is 30.9 Å². The molecule has 3 fully saturated rings. The molecule has 0 radical (unpaired) electrons. The Kier molecular flexibility index (Phi) is 7.65. The van der Waals surface area contributed by atoms with E-state index in [1.54, 1.807) is 0 Å². The van der Waals surface area contributed by atoms with Crippen LogP contribution in [0.4, 0.5) is 0 Å². The number of aliphatic hydroxyl groups is 3. The van der Waals surface area contributed by atoms with Crippen molar-refractivity contribution in [3.8, 4) is 0 Å². The Morgan fingerprint density at radius 1 is 0.769 bits per heavy atom. The smallest absolute Gasteiger partial charge is 0.187 e. The zero-order valence-corrected chi connectivity index (χ0v) is 15.4. The first-order valence-electron chi connectivity index (χ1n) is 9.82. The molecule has 0 aliphatic carbocycles. The van der Waals surface area contributed by atoms with Gasteiger partial charge in [-0.2, -0.15) is 0 Å². The van der Waals surface area contributed by atoms with Crippen LogP contribution in [0.3, 0.4) is 0 Å². The van der Waals surface area contributed by atoms with E-state index in [4.69, 9.17) is 28.8 Å². The first-order chi connectivity index (χ1) is 12.7. The molecule has 8 heteroatoms. The molecule has 0 saturated carbocycles. The van der Waals surface area contributed by atoms with E-state index in [1.807, 2.05) is 0 Å². The largest absolute Gasteiger partial charge is 0.394 e. The van der Waals surface area contributed by atoms with E-state index in [2.05, 4.69) is 6.92 Å². The third-order valence-electron chi connectivity index (χ3n) is 5.21. The summed E-state index contributed by atoms with van der Waals surface area (Å²) in [6, 6.07) is 0. The van der Waals surface area contributed by atoms with Gasteiger partial charge in [0.25, 0.3) is 0 Å². The molecular formula is C18H32O8. The molecule has 0 aromatic rings. The molecule has 3 aliphatic rings. The van der Waals surface area contributed by atoms with E-state index in [9.17, 15) is 10.2 Å². The van der Waals surface area contributed by atoms with Gasteiger partial charge >= 0.3 is 0 Å². The fourth-order valence-electron chi connectivity index (χ4n) is 3.52. The van der Waals surface area contributed by atoms with Gasteiger partial charge in [-0.25, -0.2) is 0 Å². The first kappa shape index (κ1) is 20.4. The average molecular weight is 376 g/mol. The average Bonchev–Trinajstić information content (AvgIpc) is 3.30. The van der Waals surface area contributed by atoms with Crippen molar-refractivity contribution in [2.75, 3.05) is 19.8 Å². The molecule has 3 rings (SSSR count). The van der Waals surface area contributed by atoms with Crippen LogP contribution >= 0.6 is 0 Å². The van der Waals surface area contributed by atoms with Crippen LogP contribution in [0.2, 0.25) is 0 Å². The number of hydrogen-bond acceptors (Lipinski definition) is 8. The Morgan fingerprint density at radius 3 is 2.23 bits per heavy atom. The Bertz CT molecular complexity index is 422. The molecular weight excluding hydrogens is 344 g/mol. The van der Waals surface area contributed by atoms with Crippen LogP contribution in [0.5, 0.6) is 0 Å². The molecule has 8 atom stereocenters. The second kappa shape index (κ2) is 9.75. The highest BCUT2D eigenvalue weighted by atomic mass is 16.8. The minimum absolute atomic E-state index is 0.0600. The minimum Gasteiger partial charge on any atom is -0.394 e. The third-order valence-corrected chi connectivity index (χ3v) is 5.21. The van der Waals surface area contributed by atoms with Crippen LogP contribution in [0.25, 0.3) is 0 Å². The summed E-state index contributed by atoms with van der Waals surface area (Å²) < 4.78 is 27.7. The van der Waals surface area contributed by atoms with E-state index in [0.717, 1.165) is 12.8 Å². The van der Waals surface area contributed by atoms with Crippen LogP contribution in [0, 0.1) is 0 Å². The zero-order chi connectivity index (χ0) is 18.5. The lowest BCUT2D eigenvalue weighted by atomic mass is 10.1. The molecule has 0 aromatic heterocycles. The van der Waals surface area contributed by atoms with E-state index >= 15 is 0 Å². The molecule has 152 valence electrons. The van der Waals surface area contributed by atoms with E-state index in [0.29, 0.717) is 6.61 Å². The van der Waals surface area contributed by atoms with Gasteiger partial charge in [0.2, 0.25) is 0 Å². The number of unbranched alkanes of at least 4 members (excludes halogenated alkanes) is 5. The Balaban J connectivity index is 1.31. The van der Waals surface area contributed by atoms with Crippen molar-refractivity contribution in [2.24, 2.45) is 0 Å². The van der Waals surface area contributed by atoms with Crippen molar-refractivity contribution in [2.45, 2.75) is 94.7 Å². The lowest BCUT2D eigenvalue weighted by molar-refractivity contribution is -0.210. The number of fused-ring (bicyclic) bond motifs is 1. The van der Waals surface area contributed by atoms with Crippen LogP contribution in [-0.2, 0) is 23.7 Å². The van der Waals surface area contributed by atoms with Crippen LogP contribution in [-0.4, -0.2) is 84.3 Å². The predicted molar refractivity (Wildman–Crippen MR) is 90.4 cm³/mol. The van der Waals surface area contributed by atoms with Gasteiger partial charge < -0.3 is 39.0 Å². The fourth-order valence-corrected chi connectivity index (χ4v) is 3.52. The topological polar surface area (TPSA) is 110 Å². The summed E-state index contributed by atoms with van der Waals surface area (Å²) in [6.07, 6.45) is 1.99. The summed E-state index contributed by atoms with van der Waals surface area (Å²) in [5.41, 5.74) is 0. The number of epoxide rings is 1. The standard InChI is InChI=1S/C18H32O8/c1-2-3-4-5-6-7-8-22-17-14(21)13(20)12(25-17)10-23-18-16-15(26-16)11(9-19)24-18/h11-21H,2-10H2,1H3/t11-,12-,13-,14+,15-,16+,17+,18+/m1/s1. The van der Waals surface area contributed by atoms with Crippen molar-refractivity contribution in [3.63, 3.8) is 0 Å². The lowest BCUT2D eigenvalue weighted by Gasteiger charge is -2.20. The quantitative estimate of drug-likeness (QED) is 0.330. The van der Waals surface area contributed by atoms with Crippen molar-refractivity contribution >= 4 is 0 Å². The summed E-state index contributed by atoms with van der Waals surface area (Å²) in [5, 5.41) is 29.4. The number of aliphatic hydroxyl groups excluding tert-OH is 3. The van der Waals surface area contributed by atoms with Gasteiger partial charge in [0, 0.05) is 6.61 Å². The molecule has 3 aliphatic heterocycles. The lowest BCUT2D eigenvalue weighted by Crippen LogP contribution is -2.36. The SMILES string of the molecule is CCCCCCCCO[C@H]1O[C@H](CO[C@H]2O[C@H](CO)[C@H]3O[C@H]23)[C@@H](O)[C@@H]1O. The Hall–Kier alpha value is -0.320. The van der Waals surface area contributed by atoms with Gasteiger partial charge in [-0.1, -0.05) is 39.0 Å². The third kappa shape index (κ3) is 4.94. The second-order valence-corrected chi connectivity index (χ2v) is 7.29. The predicted octanol–water partition coefficient (Wildman–Crippen LogP) is 0.311. The van der Waals surface area contributed by atoms with Gasteiger partial charge in [-0.3, -0.25) is 0 Å². The molecule has 8 nitrogen and oxygen atoms in total. The maximum absolute atomic E-state index is 10.1. The normalized spacial score (nSPS) is 41.5. The summed E-state index contributed by atoms with van der Waals surface area (Å²) in [4.78, 5) is 0. The van der Waals surface area contributed by atoms with E-state index in [1.165, 1.54) is 25.7 Å². The summed E-state index contributed by atoms with van der Waals surface area (Å²) in [5.74, 6) is 0. The summed E-state index contributed by atoms with van der Waals surface area (Å²) in [7, 11) is 0. The Labute approximate surface area is 154 Å². The van der Waals surface area contributed by atoms with Crippen molar-refractivity contribution in [1.82, 2.24) is 0 Å². The van der Waals surface area contributed by atoms with Gasteiger partial charge in [0.1, 0.15) is 36.6 Å². The number of hydrogen-bond donors (Lipinski definition) is 3. The minimum atomic E-state index is -1.09. The van der Waals surface area contributed by atoms with Gasteiger partial charge in [-0.05, 0) is 6.42 Å². The number of rotatable bonds is 12.